The zero-order chi connectivity index (χ0) is 10.7. The Morgan fingerprint density at radius 3 is 3.00 bits per heavy atom. The Labute approximate surface area is 91.1 Å². The molecule has 1 aliphatic heterocycles. The van der Waals surface area contributed by atoms with Crippen molar-refractivity contribution in [1.29, 1.82) is 0 Å². The van der Waals surface area contributed by atoms with Gasteiger partial charge in [-0.3, -0.25) is 0 Å². The first-order valence-electron chi connectivity index (χ1n) is 5.34. The lowest BCUT2D eigenvalue weighted by molar-refractivity contribution is 0.656. The summed E-state index contributed by atoms with van der Waals surface area (Å²) in [6, 6.07) is 8.48. The second-order valence-electron chi connectivity index (χ2n) is 3.92. The highest BCUT2D eigenvalue weighted by molar-refractivity contribution is 5.60. The van der Waals surface area contributed by atoms with Gasteiger partial charge in [0.05, 0.1) is 6.54 Å². The Balaban J connectivity index is 2.27. The van der Waals surface area contributed by atoms with E-state index >= 15 is 0 Å². The van der Waals surface area contributed by atoms with Crippen LogP contribution in [0.1, 0.15) is 17.9 Å². The van der Waals surface area contributed by atoms with Crippen molar-refractivity contribution in [2.45, 2.75) is 12.3 Å². The van der Waals surface area contributed by atoms with Crippen molar-refractivity contribution in [3.63, 3.8) is 0 Å². The number of benzene rings is 1. The summed E-state index contributed by atoms with van der Waals surface area (Å²) in [6.45, 7) is 2.45. The normalized spacial score (nSPS) is 18.7. The number of hydrogen-bond donors (Lipinski definition) is 1. The lowest BCUT2D eigenvalue weighted by Gasteiger charge is -2.16. The molecular formula is C13H16N2. The smallest absolute Gasteiger partial charge is 0.0792 e. The van der Waals surface area contributed by atoms with Crippen LogP contribution in [0.15, 0.2) is 24.3 Å². The van der Waals surface area contributed by atoms with E-state index in [9.17, 15) is 0 Å². The lowest BCUT2D eigenvalue weighted by atomic mass is 9.98. The van der Waals surface area contributed by atoms with E-state index in [1.165, 1.54) is 11.3 Å². The molecule has 2 nitrogen and oxygen atoms in total. The number of terminal acetylenes is 1. The lowest BCUT2D eigenvalue weighted by Crippen LogP contribution is -2.22. The molecule has 1 aromatic rings. The highest BCUT2D eigenvalue weighted by Crippen LogP contribution is 2.37. The molecular weight excluding hydrogens is 184 g/mol. The van der Waals surface area contributed by atoms with Gasteiger partial charge in [-0.1, -0.05) is 24.1 Å². The van der Waals surface area contributed by atoms with Gasteiger partial charge in [-0.2, -0.15) is 0 Å². The number of rotatable bonds is 3. The molecule has 0 bridgehead atoms. The minimum atomic E-state index is 0.555. The third-order valence-corrected chi connectivity index (χ3v) is 2.96. The van der Waals surface area contributed by atoms with Gasteiger partial charge in [0.15, 0.2) is 0 Å². The first-order chi connectivity index (χ1) is 7.36. The van der Waals surface area contributed by atoms with Crippen LogP contribution in [0.3, 0.4) is 0 Å². The minimum absolute atomic E-state index is 0.555. The van der Waals surface area contributed by atoms with Gasteiger partial charge >= 0.3 is 0 Å². The van der Waals surface area contributed by atoms with Crippen LogP contribution >= 0.6 is 0 Å². The summed E-state index contributed by atoms with van der Waals surface area (Å²) in [5.41, 5.74) is 8.31. The maximum absolute atomic E-state index is 5.63. The average molecular weight is 200 g/mol. The third-order valence-electron chi connectivity index (χ3n) is 2.96. The van der Waals surface area contributed by atoms with Gasteiger partial charge in [0.2, 0.25) is 0 Å². The van der Waals surface area contributed by atoms with Crippen molar-refractivity contribution >= 4 is 5.69 Å². The van der Waals surface area contributed by atoms with Crippen molar-refractivity contribution in [3.8, 4) is 12.3 Å². The third kappa shape index (κ3) is 1.84. The summed E-state index contributed by atoms with van der Waals surface area (Å²) >= 11 is 0. The summed E-state index contributed by atoms with van der Waals surface area (Å²) in [5, 5.41) is 0. The van der Waals surface area contributed by atoms with E-state index < -0.39 is 0 Å². The molecule has 1 aliphatic rings. The van der Waals surface area contributed by atoms with Crippen molar-refractivity contribution in [2.75, 3.05) is 24.5 Å². The molecule has 2 heteroatoms. The van der Waals surface area contributed by atoms with Crippen molar-refractivity contribution in [2.24, 2.45) is 5.73 Å². The van der Waals surface area contributed by atoms with Crippen molar-refractivity contribution in [1.82, 2.24) is 0 Å². The van der Waals surface area contributed by atoms with Gasteiger partial charge in [-0.05, 0) is 24.6 Å². The standard InChI is InChI=1S/C13H16N2/c1-2-9-15-10-11(7-8-14)12-5-3-4-6-13(12)15/h1,3-6,11H,7-10,14H2. The quantitative estimate of drug-likeness (QED) is 0.750. The van der Waals surface area contributed by atoms with Crippen LogP contribution in [-0.2, 0) is 0 Å². The summed E-state index contributed by atoms with van der Waals surface area (Å²) < 4.78 is 0. The molecule has 1 aromatic carbocycles. The van der Waals surface area contributed by atoms with Gasteiger partial charge in [0, 0.05) is 18.2 Å². The Bertz CT molecular complexity index is 378. The topological polar surface area (TPSA) is 29.3 Å². The van der Waals surface area contributed by atoms with E-state index in [0.29, 0.717) is 12.5 Å². The summed E-state index contributed by atoms with van der Waals surface area (Å²) in [4.78, 5) is 2.26. The number of nitrogens with two attached hydrogens (primary N) is 1. The number of para-hydroxylation sites is 1. The van der Waals surface area contributed by atoms with Crippen molar-refractivity contribution < 1.29 is 0 Å². The maximum Gasteiger partial charge on any atom is 0.0792 e. The Hall–Kier alpha value is -1.46. The zero-order valence-corrected chi connectivity index (χ0v) is 8.82. The van der Waals surface area contributed by atoms with Crippen LogP contribution in [0.4, 0.5) is 5.69 Å². The van der Waals surface area contributed by atoms with Crippen LogP contribution in [-0.4, -0.2) is 19.6 Å². The molecule has 0 fully saturated rings. The summed E-state index contributed by atoms with van der Waals surface area (Å²) in [7, 11) is 0. The van der Waals surface area contributed by atoms with E-state index in [1.54, 1.807) is 0 Å². The second-order valence-corrected chi connectivity index (χ2v) is 3.92. The number of nitrogens with zero attached hydrogens (tertiary/aromatic N) is 1. The fourth-order valence-corrected chi connectivity index (χ4v) is 2.29. The first kappa shape index (κ1) is 10.1. The number of fused-ring (bicyclic) bond motifs is 1. The van der Waals surface area contributed by atoms with E-state index in [2.05, 4.69) is 35.1 Å². The Kier molecular flexibility index (Phi) is 2.94. The largest absolute Gasteiger partial charge is 0.360 e. The SMILES string of the molecule is C#CCN1CC(CCN)c2ccccc21. The molecule has 2 rings (SSSR count). The molecule has 1 heterocycles. The molecule has 1 unspecified atom stereocenters. The van der Waals surface area contributed by atoms with Crippen LogP contribution < -0.4 is 10.6 Å². The fraction of sp³-hybridized carbons (Fsp3) is 0.385. The number of anilines is 1. The highest BCUT2D eigenvalue weighted by Gasteiger charge is 2.26. The fourth-order valence-electron chi connectivity index (χ4n) is 2.29. The molecule has 1 atom stereocenters. The van der Waals surface area contributed by atoms with Crippen LogP contribution in [0.5, 0.6) is 0 Å². The minimum Gasteiger partial charge on any atom is -0.360 e. The van der Waals surface area contributed by atoms with Gasteiger partial charge < -0.3 is 10.6 Å². The molecule has 0 radical (unpaired) electrons. The van der Waals surface area contributed by atoms with Gasteiger partial charge in [-0.15, -0.1) is 6.42 Å². The highest BCUT2D eigenvalue weighted by atomic mass is 15.1. The Morgan fingerprint density at radius 2 is 2.27 bits per heavy atom. The van der Waals surface area contributed by atoms with Crippen LogP contribution in [0.2, 0.25) is 0 Å². The number of hydrogen-bond acceptors (Lipinski definition) is 2. The first-order valence-corrected chi connectivity index (χ1v) is 5.34. The molecule has 15 heavy (non-hydrogen) atoms. The van der Waals surface area contributed by atoms with E-state index in [4.69, 9.17) is 12.2 Å². The Morgan fingerprint density at radius 1 is 1.47 bits per heavy atom. The molecule has 2 N–H and O–H groups in total. The zero-order valence-electron chi connectivity index (χ0n) is 8.82. The molecule has 0 saturated carbocycles. The molecule has 0 spiro atoms. The average Bonchev–Trinajstić information content (AvgIpc) is 2.59. The van der Waals surface area contributed by atoms with Gasteiger partial charge in [0.25, 0.3) is 0 Å². The van der Waals surface area contributed by atoms with Crippen molar-refractivity contribution in [3.05, 3.63) is 29.8 Å². The molecule has 0 aliphatic carbocycles. The van der Waals surface area contributed by atoms with E-state index in [-0.39, 0.29) is 0 Å². The molecule has 0 amide bonds. The summed E-state index contributed by atoms with van der Waals surface area (Å²) in [5.74, 6) is 3.26. The predicted octanol–water partition coefficient (Wildman–Crippen LogP) is 1.57. The predicted molar refractivity (Wildman–Crippen MR) is 63.9 cm³/mol. The van der Waals surface area contributed by atoms with E-state index in [0.717, 1.165) is 19.5 Å². The molecule has 0 aromatic heterocycles. The monoisotopic (exact) mass is 200 g/mol. The van der Waals surface area contributed by atoms with Gasteiger partial charge in [0.1, 0.15) is 0 Å². The van der Waals surface area contributed by atoms with E-state index in [1.807, 2.05) is 0 Å². The van der Waals surface area contributed by atoms with Crippen LogP contribution in [0, 0.1) is 12.3 Å². The molecule has 0 saturated heterocycles. The van der Waals surface area contributed by atoms with Gasteiger partial charge in [-0.25, -0.2) is 0 Å². The van der Waals surface area contributed by atoms with Crippen LogP contribution in [0.25, 0.3) is 0 Å². The second kappa shape index (κ2) is 4.37. The maximum atomic E-state index is 5.63. The molecule has 78 valence electrons. The summed E-state index contributed by atoms with van der Waals surface area (Å²) in [6.07, 6.45) is 6.41.